The lowest BCUT2D eigenvalue weighted by atomic mass is 10.1. The first-order valence-electron chi connectivity index (χ1n) is 9.44. The number of oxime groups is 1. The van der Waals surface area contributed by atoms with Crippen molar-refractivity contribution in [1.82, 2.24) is 14.7 Å². The Labute approximate surface area is 191 Å². The molecule has 0 radical (unpaired) electrons. The van der Waals surface area contributed by atoms with Crippen LogP contribution < -0.4 is 9.64 Å². The molecule has 0 aliphatic carbocycles. The van der Waals surface area contributed by atoms with Crippen molar-refractivity contribution in [3.8, 4) is 5.75 Å². The summed E-state index contributed by atoms with van der Waals surface area (Å²) in [4.78, 5) is 16.2. The quantitative estimate of drug-likeness (QED) is 0.390. The lowest BCUT2D eigenvalue weighted by Crippen LogP contribution is -2.50. The predicted molar refractivity (Wildman–Crippen MR) is 113 cm³/mol. The minimum Gasteiger partial charge on any atom is -0.495 e. The van der Waals surface area contributed by atoms with Gasteiger partial charge >= 0.3 is 6.18 Å². The van der Waals surface area contributed by atoms with Gasteiger partial charge in [0, 0.05) is 43.5 Å². The topological polar surface area (TPSA) is 83.2 Å². The minimum atomic E-state index is -4.70. The van der Waals surface area contributed by atoms with Crippen molar-refractivity contribution in [3.63, 3.8) is 0 Å². The molecule has 174 valence electrons. The van der Waals surface area contributed by atoms with Crippen molar-refractivity contribution in [3.05, 3.63) is 39.1 Å². The fraction of sp³-hybridized carbons (Fsp3) is 0.421. The zero-order chi connectivity index (χ0) is 23.6. The second-order valence-corrected chi connectivity index (χ2v) is 7.85. The smallest absolute Gasteiger partial charge is 0.436 e. The van der Waals surface area contributed by atoms with Crippen LogP contribution in [0.4, 0.5) is 18.9 Å². The molecule has 2 aromatic rings. The number of carbonyl (C=O) groups is 1. The summed E-state index contributed by atoms with van der Waals surface area (Å²) in [6, 6.07) is 3.32. The van der Waals surface area contributed by atoms with Gasteiger partial charge in [-0.05, 0) is 13.0 Å². The molecule has 1 aliphatic heterocycles. The standard InChI is InChI=1S/C19H20Cl2F3N5O3/c1-11-17(21)18(19(22,23)24)26-29(11)10-16(30)28-5-3-27(4-6-28)14-8-15(32-2)13(20)7-12(14)9-25-31/h7-9,31H,3-6,10H2,1-2H3/b25-9+. The summed E-state index contributed by atoms with van der Waals surface area (Å²) in [6.45, 7) is 2.58. The van der Waals surface area contributed by atoms with Crippen LogP contribution in [-0.4, -0.2) is 65.3 Å². The number of carbonyl (C=O) groups excluding carboxylic acids is 1. The first-order chi connectivity index (χ1) is 15.1. The summed E-state index contributed by atoms with van der Waals surface area (Å²) < 4.78 is 45.2. The van der Waals surface area contributed by atoms with E-state index in [0.717, 1.165) is 4.68 Å². The third-order valence-corrected chi connectivity index (χ3v) is 5.91. The first kappa shape index (κ1) is 24.0. The fourth-order valence-corrected chi connectivity index (χ4v) is 3.93. The number of hydrogen-bond acceptors (Lipinski definition) is 6. The van der Waals surface area contributed by atoms with E-state index in [0.29, 0.717) is 48.2 Å². The molecule has 0 atom stereocenters. The van der Waals surface area contributed by atoms with Gasteiger partial charge in [-0.15, -0.1) is 0 Å². The monoisotopic (exact) mass is 493 g/mol. The number of methoxy groups -OCH3 is 1. The second-order valence-electron chi connectivity index (χ2n) is 7.06. The molecule has 0 unspecified atom stereocenters. The Kier molecular flexibility index (Phi) is 7.09. The number of rotatable bonds is 5. The summed E-state index contributed by atoms with van der Waals surface area (Å²) in [5, 5.41) is 15.3. The van der Waals surface area contributed by atoms with Crippen LogP contribution in [0.15, 0.2) is 17.3 Å². The molecule has 8 nitrogen and oxygen atoms in total. The zero-order valence-electron chi connectivity index (χ0n) is 17.2. The number of piperazine rings is 1. The fourth-order valence-electron chi connectivity index (χ4n) is 3.44. The highest BCUT2D eigenvalue weighted by atomic mass is 35.5. The number of ether oxygens (including phenoxy) is 1. The molecule has 13 heteroatoms. The lowest BCUT2D eigenvalue weighted by molar-refractivity contribution is -0.142. The van der Waals surface area contributed by atoms with Gasteiger partial charge in [0.05, 0.1) is 29.1 Å². The molecular formula is C19H20Cl2F3N5O3. The van der Waals surface area contributed by atoms with E-state index in [1.807, 2.05) is 4.90 Å². The third kappa shape index (κ3) is 4.88. The van der Waals surface area contributed by atoms with Crippen molar-refractivity contribution >= 4 is 41.0 Å². The van der Waals surface area contributed by atoms with E-state index in [9.17, 15) is 18.0 Å². The number of nitrogens with zero attached hydrogens (tertiary/aromatic N) is 5. The van der Waals surface area contributed by atoms with Gasteiger partial charge in [0.15, 0.2) is 5.69 Å². The van der Waals surface area contributed by atoms with Crippen LogP contribution in [0.5, 0.6) is 5.75 Å². The average Bonchev–Trinajstić information content (AvgIpc) is 3.03. The lowest BCUT2D eigenvalue weighted by Gasteiger charge is -2.37. The van der Waals surface area contributed by atoms with Gasteiger partial charge in [0.1, 0.15) is 12.3 Å². The molecule has 1 aromatic carbocycles. The SMILES string of the molecule is COc1cc(N2CCN(C(=O)Cn3nc(C(F)(F)F)c(Cl)c3C)CC2)c(/C=N/O)cc1Cl. The molecule has 1 aliphatic rings. The average molecular weight is 494 g/mol. The van der Waals surface area contributed by atoms with Crippen molar-refractivity contribution in [2.45, 2.75) is 19.6 Å². The van der Waals surface area contributed by atoms with E-state index < -0.39 is 16.9 Å². The van der Waals surface area contributed by atoms with Crippen LogP contribution in [0.3, 0.4) is 0 Å². The number of anilines is 1. The van der Waals surface area contributed by atoms with Crippen LogP contribution in [0, 0.1) is 6.92 Å². The number of halogens is 5. The summed E-state index contributed by atoms with van der Waals surface area (Å²) in [5.41, 5.74) is 0.149. The van der Waals surface area contributed by atoms with Gasteiger partial charge in [-0.25, -0.2) is 0 Å². The summed E-state index contributed by atoms with van der Waals surface area (Å²) in [7, 11) is 1.48. The third-order valence-electron chi connectivity index (χ3n) is 5.16. The number of aromatic nitrogens is 2. The molecule has 1 fully saturated rings. The normalized spacial score (nSPS) is 15.0. The van der Waals surface area contributed by atoms with Gasteiger partial charge in [-0.2, -0.15) is 18.3 Å². The van der Waals surface area contributed by atoms with Crippen molar-refractivity contribution in [1.29, 1.82) is 0 Å². The first-order valence-corrected chi connectivity index (χ1v) is 10.2. The van der Waals surface area contributed by atoms with Crippen molar-refractivity contribution in [2.75, 3.05) is 38.2 Å². The predicted octanol–water partition coefficient (Wildman–Crippen LogP) is 3.68. The van der Waals surface area contributed by atoms with Crippen LogP contribution >= 0.6 is 23.2 Å². The minimum absolute atomic E-state index is 0.0761. The Morgan fingerprint density at radius 3 is 2.47 bits per heavy atom. The highest BCUT2D eigenvalue weighted by Gasteiger charge is 2.38. The number of amides is 1. The van der Waals surface area contributed by atoms with Crippen molar-refractivity contribution in [2.24, 2.45) is 5.16 Å². The zero-order valence-corrected chi connectivity index (χ0v) is 18.7. The van der Waals surface area contributed by atoms with E-state index >= 15 is 0 Å². The summed E-state index contributed by atoms with van der Waals surface area (Å²) in [5.74, 6) is 0.0771. The molecule has 1 N–H and O–H groups in total. The highest BCUT2D eigenvalue weighted by molar-refractivity contribution is 6.32. The largest absolute Gasteiger partial charge is 0.495 e. The van der Waals surface area contributed by atoms with E-state index in [1.54, 1.807) is 17.0 Å². The van der Waals surface area contributed by atoms with Gasteiger partial charge < -0.3 is 19.7 Å². The van der Waals surface area contributed by atoms with Crippen molar-refractivity contribution < 1.29 is 27.9 Å². The Bertz CT molecular complexity index is 1030. The van der Waals surface area contributed by atoms with E-state index in [1.165, 1.54) is 20.2 Å². The highest BCUT2D eigenvalue weighted by Crippen LogP contribution is 2.35. The van der Waals surface area contributed by atoms with Crippen LogP contribution in [0.2, 0.25) is 10.0 Å². The molecule has 1 aromatic heterocycles. The molecule has 0 saturated carbocycles. The van der Waals surface area contributed by atoms with Gasteiger partial charge in [-0.1, -0.05) is 28.4 Å². The Balaban J connectivity index is 1.71. The molecule has 1 saturated heterocycles. The molecule has 2 heterocycles. The Morgan fingerprint density at radius 2 is 1.94 bits per heavy atom. The van der Waals surface area contributed by atoms with Crippen LogP contribution in [0.25, 0.3) is 0 Å². The molecule has 1 amide bonds. The summed E-state index contributed by atoms with van der Waals surface area (Å²) in [6.07, 6.45) is -3.45. The van der Waals surface area contributed by atoms with Crippen LogP contribution in [-0.2, 0) is 17.5 Å². The Hall–Kier alpha value is -2.66. The van der Waals surface area contributed by atoms with Gasteiger partial charge in [0.2, 0.25) is 5.91 Å². The maximum absolute atomic E-state index is 13.0. The molecule has 32 heavy (non-hydrogen) atoms. The van der Waals surface area contributed by atoms with Crippen LogP contribution in [0.1, 0.15) is 17.0 Å². The van der Waals surface area contributed by atoms with Gasteiger partial charge in [-0.3, -0.25) is 9.48 Å². The number of benzene rings is 1. The maximum Gasteiger partial charge on any atom is 0.436 e. The van der Waals surface area contributed by atoms with Gasteiger partial charge in [0.25, 0.3) is 0 Å². The number of hydrogen-bond donors (Lipinski definition) is 1. The second kappa shape index (κ2) is 9.45. The number of alkyl halides is 3. The molecule has 3 rings (SSSR count). The van der Waals surface area contributed by atoms with E-state index in [2.05, 4.69) is 10.3 Å². The molecule has 0 spiro atoms. The molecule has 0 bridgehead atoms. The van der Waals surface area contributed by atoms with E-state index in [4.69, 9.17) is 33.1 Å². The van der Waals surface area contributed by atoms with E-state index in [-0.39, 0.29) is 18.1 Å². The Morgan fingerprint density at radius 1 is 1.28 bits per heavy atom. The molecular weight excluding hydrogens is 474 g/mol. The maximum atomic E-state index is 13.0. The summed E-state index contributed by atoms with van der Waals surface area (Å²) >= 11 is 11.9.